The number of alkyl halides is 1. The third-order valence-corrected chi connectivity index (χ3v) is 3.85. The molecule has 21 heavy (non-hydrogen) atoms. The second-order valence-corrected chi connectivity index (χ2v) is 5.55. The summed E-state index contributed by atoms with van der Waals surface area (Å²) < 4.78 is 11.6. The van der Waals surface area contributed by atoms with Gasteiger partial charge < -0.3 is 9.47 Å². The van der Waals surface area contributed by atoms with E-state index < -0.39 is 4.92 Å². The van der Waals surface area contributed by atoms with Crippen LogP contribution in [0.2, 0.25) is 0 Å². The summed E-state index contributed by atoms with van der Waals surface area (Å²) >= 11 is 6.73. The molecule has 0 fully saturated rings. The van der Waals surface area contributed by atoms with Gasteiger partial charge in [-0.25, -0.2) is 0 Å². The van der Waals surface area contributed by atoms with Gasteiger partial charge in [0.2, 0.25) is 5.75 Å². The molecule has 2 aromatic carbocycles. The minimum atomic E-state index is -0.486. The van der Waals surface area contributed by atoms with E-state index >= 15 is 0 Å². The van der Waals surface area contributed by atoms with Crippen molar-refractivity contribution in [2.45, 2.75) is 5.33 Å². The fourth-order valence-electron chi connectivity index (χ4n) is 1.71. The highest BCUT2D eigenvalue weighted by molar-refractivity contribution is 9.10. The van der Waals surface area contributed by atoms with Gasteiger partial charge in [0, 0.05) is 27.5 Å². The lowest BCUT2D eigenvalue weighted by atomic mass is 10.2. The number of nitrogens with zero attached hydrogens (tertiary/aromatic N) is 1. The molecule has 0 bridgehead atoms. The molecule has 0 N–H and O–H groups in total. The van der Waals surface area contributed by atoms with Crippen LogP contribution in [0.25, 0.3) is 0 Å². The molecule has 2 rings (SSSR count). The molecule has 0 radical (unpaired) electrons. The first-order valence-corrected chi connectivity index (χ1v) is 7.81. The van der Waals surface area contributed by atoms with Crippen molar-refractivity contribution < 1.29 is 14.4 Å². The first-order valence-electron chi connectivity index (χ1n) is 5.90. The molecule has 0 aliphatic rings. The number of ether oxygens (including phenoxy) is 2. The molecule has 0 atom stereocenters. The highest BCUT2D eigenvalue weighted by Gasteiger charge is 2.18. The third-order valence-electron chi connectivity index (χ3n) is 2.76. The first-order chi connectivity index (χ1) is 10.0. The Kier molecular flexibility index (Phi) is 5.19. The summed E-state index contributed by atoms with van der Waals surface area (Å²) in [5, 5.41) is 11.7. The molecule has 2 aromatic rings. The Balaban J connectivity index is 2.47. The van der Waals surface area contributed by atoms with Crippen molar-refractivity contribution in [3.63, 3.8) is 0 Å². The highest BCUT2D eigenvalue weighted by atomic mass is 79.9. The van der Waals surface area contributed by atoms with E-state index in [1.165, 1.54) is 25.3 Å². The van der Waals surface area contributed by atoms with E-state index in [2.05, 4.69) is 31.9 Å². The normalized spacial score (nSPS) is 10.2. The molecule has 110 valence electrons. The Morgan fingerprint density at radius 1 is 1.19 bits per heavy atom. The Morgan fingerprint density at radius 2 is 1.95 bits per heavy atom. The smallest absolute Gasteiger partial charge is 0.311 e. The minimum Gasteiger partial charge on any atom is -0.497 e. The molecule has 0 saturated heterocycles. The Labute approximate surface area is 138 Å². The van der Waals surface area contributed by atoms with Gasteiger partial charge in [0.1, 0.15) is 11.5 Å². The van der Waals surface area contributed by atoms with Crippen molar-refractivity contribution in [2.24, 2.45) is 0 Å². The number of nitro benzene ring substituents is 1. The Hall–Kier alpha value is -1.60. The van der Waals surface area contributed by atoms with Crippen molar-refractivity contribution in [3.8, 4) is 17.2 Å². The molecular formula is C14H11Br2NO4. The van der Waals surface area contributed by atoms with E-state index in [1.54, 1.807) is 6.07 Å². The van der Waals surface area contributed by atoms with E-state index in [4.69, 9.17) is 9.47 Å². The van der Waals surface area contributed by atoms with Gasteiger partial charge in [-0.05, 0) is 18.2 Å². The van der Waals surface area contributed by atoms with Gasteiger partial charge in [0.05, 0.1) is 12.0 Å². The zero-order valence-electron chi connectivity index (χ0n) is 11.0. The van der Waals surface area contributed by atoms with Crippen LogP contribution in [-0.2, 0) is 5.33 Å². The van der Waals surface area contributed by atoms with Gasteiger partial charge in [0.25, 0.3) is 0 Å². The van der Waals surface area contributed by atoms with Crippen molar-refractivity contribution in [3.05, 3.63) is 56.5 Å². The zero-order valence-corrected chi connectivity index (χ0v) is 14.2. The van der Waals surface area contributed by atoms with E-state index in [9.17, 15) is 10.1 Å². The minimum absolute atomic E-state index is 0.115. The monoisotopic (exact) mass is 415 g/mol. The second kappa shape index (κ2) is 6.91. The lowest BCUT2D eigenvalue weighted by Crippen LogP contribution is -1.96. The number of hydrogen-bond acceptors (Lipinski definition) is 4. The van der Waals surface area contributed by atoms with Gasteiger partial charge in [-0.15, -0.1) is 0 Å². The molecule has 5 nitrogen and oxygen atoms in total. The van der Waals surface area contributed by atoms with Crippen LogP contribution >= 0.6 is 31.9 Å². The first kappa shape index (κ1) is 15.8. The van der Waals surface area contributed by atoms with Crippen molar-refractivity contribution >= 4 is 37.5 Å². The molecule has 0 unspecified atom stereocenters. The van der Waals surface area contributed by atoms with Crippen LogP contribution in [0.5, 0.6) is 17.2 Å². The fourth-order valence-corrected chi connectivity index (χ4v) is 2.51. The van der Waals surface area contributed by atoms with Crippen molar-refractivity contribution in [1.29, 1.82) is 0 Å². The number of hydrogen-bond donors (Lipinski definition) is 0. The summed E-state index contributed by atoms with van der Waals surface area (Å²) in [6.45, 7) is 0. The maximum Gasteiger partial charge on any atom is 0.311 e. The second-order valence-electron chi connectivity index (χ2n) is 4.08. The van der Waals surface area contributed by atoms with Gasteiger partial charge in [-0.1, -0.05) is 37.9 Å². The van der Waals surface area contributed by atoms with Crippen LogP contribution < -0.4 is 9.47 Å². The summed E-state index contributed by atoms with van der Waals surface area (Å²) in [6.07, 6.45) is 0. The van der Waals surface area contributed by atoms with Gasteiger partial charge in [-0.2, -0.15) is 0 Å². The Morgan fingerprint density at radius 3 is 2.57 bits per heavy atom. The fraction of sp³-hybridized carbons (Fsp3) is 0.143. The van der Waals surface area contributed by atoms with Crippen LogP contribution in [-0.4, -0.2) is 12.0 Å². The largest absolute Gasteiger partial charge is 0.497 e. The molecule has 0 aromatic heterocycles. The summed E-state index contributed by atoms with van der Waals surface area (Å²) in [5.74, 6) is 1.17. The number of nitro groups is 1. The predicted molar refractivity (Wildman–Crippen MR) is 86.5 cm³/mol. The van der Waals surface area contributed by atoms with Crippen LogP contribution in [0, 0.1) is 10.1 Å². The molecule has 0 aliphatic carbocycles. The van der Waals surface area contributed by atoms with Gasteiger partial charge in [-0.3, -0.25) is 10.1 Å². The number of rotatable bonds is 5. The van der Waals surface area contributed by atoms with E-state index in [-0.39, 0.29) is 11.4 Å². The summed E-state index contributed by atoms with van der Waals surface area (Å²) in [6, 6.07) is 9.90. The van der Waals surface area contributed by atoms with Crippen LogP contribution in [0.1, 0.15) is 5.56 Å². The highest BCUT2D eigenvalue weighted by Crippen LogP contribution is 2.37. The molecular weight excluding hydrogens is 406 g/mol. The van der Waals surface area contributed by atoms with Gasteiger partial charge in [0.15, 0.2) is 0 Å². The van der Waals surface area contributed by atoms with Crippen LogP contribution in [0.15, 0.2) is 40.9 Å². The number of halogens is 2. The average molecular weight is 417 g/mol. The zero-order chi connectivity index (χ0) is 15.4. The molecule has 0 heterocycles. The number of benzene rings is 2. The summed E-state index contributed by atoms with van der Waals surface area (Å²) in [5.41, 5.74) is 0.770. The molecule has 0 spiro atoms. The maximum absolute atomic E-state index is 11.1. The maximum atomic E-state index is 11.1. The quantitative estimate of drug-likeness (QED) is 0.388. The predicted octanol–water partition coefficient (Wildman–Crippen LogP) is 5.05. The van der Waals surface area contributed by atoms with E-state index in [1.807, 2.05) is 12.1 Å². The standard InChI is InChI=1S/C14H11Br2NO4/c1-20-11-4-5-12(17(18)19)14(7-11)21-13-6-10(16)3-2-9(13)8-15/h2-7H,8H2,1H3. The van der Waals surface area contributed by atoms with Gasteiger partial charge >= 0.3 is 5.69 Å². The average Bonchev–Trinajstić information content (AvgIpc) is 2.47. The van der Waals surface area contributed by atoms with Crippen molar-refractivity contribution in [2.75, 3.05) is 7.11 Å². The Bertz CT molecular complexity index is 676. The molecule has 0 saturated carbocycles. The lowest BCUT2D eigenvalue weighted by molar-refractivity contribution is -0.385. The third kappa shape index (κ3) is 3.74. The summed E-state index contributed by atoms with van der Waals surface area (Å²) in [7, 11) is 1.49. The SMILES string of the molecule is COc1ccc([N+](=O)[O-])c(Oc2cc(Br)ccc2CBr)c1. The van der Waals surface area contributed by atoms with Crippen LogP contribution in [0.4, 0.5) is 5.69 Å². The molecule has 0 amide bonds. The van der Waals surface area contributed by atoms with Crippen LogP contribution in [0.3, 0.4) is 0 Å². The van der Waals surface area contributed by atoms with E-state index in [0.29, 0.717) is 16.8 Å². The van der Waals surface area contributed by atoms with E-state index in [0.717, 1.165) is 10.0 Å². The summed E-state index contributed by atoms with van der Waals surface area (Å²) in [4.78, 5) is 10.6. The lowest BCUT2D eigenvalue weighted by Gasteiger charge is -2.11. The topological polar surface area (TPSA) is 61.6 Å². The number of methoxy groups -OCH3 is 1. The molecule has 7 heteroatoms. The molecule has 0 aliphatic heterocycles. The van der Waals surface area contributed by atoms with Crippen molar-refractivity contribution in [1.82, 2.24) is 0 Å².